The third kappa shape index (κ3) is 3.45. The van der Waals surface area contributed by atoms with Gasteiger partial charge in [0.25, 0.3) is 5.91 Å². The molecule has 0 bridgehead atoms. The van der Waals surface area contributed by atoms with Gasteiger partial charge in [0.15, 0.2) is 5.82 Å². The first-order valence-corrected chi connectivity index (χ1v) is 7.56. The fourth-order valence-electron chi connectivity index (χ4n) is 2.31. The first kappa shape index (κ1) is 15.8. The first-order chi connectivity index (χ1) is 11.7. The van der Waals surface area contributed by atoms with Gasteiger partial charge in [-0.2, -0.15) is 0 Å². The number of nitrogens with one attached hydrogen (secondary N) is 1. The summed E-state index contributed by atoms with van der Waals surface area (Å²) < 4.78 is 14.5. The first-order valence-electron chi connectivity index (χ1n) is 7.56. The lowest BCUT2D eigenvalue weighted by atomic mass is 10.1. The Hall–Kier alpha value is -3.09. The van der Waals surface area contributed by atoms with E-state index in [1.807, 2.05) is 13.0 Å². The molecular weight excluding hydrogens is 309 g/mol. The van der Waals surface area contributed by atoms with Crippen molar-refractivity contribution in [2.75, 3.05) is 0 Å². The van der Waals surface area contributed by atoms with Crippen molar-refractivity contribution in [1.29, 1.82) is 0 Å². The van der Waals surface area contributed by atoms with Gasteiger partial charge < -0.3 is 5.32 Å². The summed E-state index contributed by atoms with van der Waals surface area (Å²) in [6.45, 7) is 2.92. The van der Waals surface area contributed by atoms with Crippen molar-refractivity contribution >= 4 is 5.91 Å². The highest BCUT2D eigenvalue weighted by atomic mass is 19.1. The van der Waals surface area contributed by atoms with Gasteiger partial charge in [-0.3, -0.25) is 4.79 Å². The minimum atomic E-state index is -0.300. The smallest absolute Gasteiger partial charge is 0.251 e. The standard InChI is InChI=1S/C17H16FN5O/c1-2-23-16(20-21-22-23)13-4-3-5-14(10-13)17(24)19-11-12-6-8-15(18)9-7-12/h3-10H,2,11H2,1H3,(H,19,24). The van der Waals surface area contributed by atoms with E-state index in [4.69, 9.17) is 0 Å². The van der Waals surface area contributed by atoms with Crippen LogP contribution in [-0.4, -0.2) is 26.1 Å². The Morgan fingerprint density at radius 2 is 2.00 bits per heavy atom. The van der Waals surface area contributed by atoms with E-state index in [-0.39, 0.29) is 11.7 Å². The Morgan fingerprint density at radius 1 is 1.21 bits per heavy atom. The summed E-state index contributed by atoms with van der Waals surface area (Å²) >= 11 is 0. The number of carbonyl (C=O) groups is 1. The van der Waals surface area contributed by atoms with Crippen LogP contribution in [0.25, 0.3) is 11.4 Å². The molecule has 0 fully saturated rings. The minimum absolute atomic E-state index is 0.211. The molecule has 0 unspecified atom stereocenters. The molecule has 1 aromatic heterocycles. The molecule has 3 aromatic rings. The highest BCUT2D eigenvalue weighted by Gasteiger charge is 2.11. The van der Waals surface area contributed by atoms with Crippen LogP contribution in [0.5, 0.6) is 0 Å². The summed E-state index contributed by atoms with van der Waals surface area (Å²) in [5.74, 6) is 0.105. The predicted octanol–water partition coefficient (Wildman–Crippen LogP) is 2.43. The van der Waals surface area contributed by atoms with E-state index in [2.05, 4.69) is 20.8 Å². The van der Waals surface area contributed by atoms with Crippen molar-refractivity contribution in [1.82, 2.24) is 25.5 Å². The van der Waals surface area contributed by atoms with Crippen molar-refractivity contribution in [3.05, 3.63) is 65.5 Å². The SMILES string of the molecule is CCn1nnnc1-c1cccc(C(=O)NCc2ccc(F)cc2)c1. The van der Waals surface area contributed by atoms with Gasteiger partial charge >= 0.3 is 0 Å². The van der Waals surface area contributed by atoms with Gasteiger partial charge in [-0.05, 0) is 47.2 Å². The van der Waals surface area contributed by atoms with Gasteiger partial charge in [0.05, 0.1) is 0 Å². The zero-order valence-electron chi connectivity index (χ0n) is 13.1. The number of rotatable bonds is 5. The highest BCUT2D eigenvalue weighted by molar-refractivity contribution is 5.95. The molecule has 1 amide bonds. The van der Waals surface area contributed by atoms with Crippen LogP contribution in [0.4, 0.5) is 4.39 Å². The number of amides is 1. The maximum Gasteiger partial charge on any atom is 0.251 e. The molecule has 3 rings (SSSR count). The van der Waals surface area contributed by atoms with E-state index in [1.165, 1.54) is 12.1 Å². The molecule has 0 spiro atoms. The van der Waals surface area contributed by atoms with Crippen molar-refractivity contribution in [3.8, 4) is 11.4 Å². The van der Waals surface area contributed by atoms with Gasteiger partial charge in [-0.1, -0.05) is 24.3 Å². The predicted molar refractivity (Wildman–Crippen MR) is 86.5 cm³/mol. The van der Waals surface area contributed by atoms with E-state index in [9.17, 15) is 9.18 Å². The van der Waals surface area contributed by atoms with Gasteiger partial charge in [0.1, 0.15) is 5.82 Å². The van der Waals surface area contributed by atoms with E-state index < -0.39 is 0 Å². The third-order valence-corrected chi connectivity index (χ3v) is 3.58. The van der Waals surface area contributed by atoms with Crippen molar-refractivity contribution < 1.29 is 9.18 Å². The van der Waals surface area contributed by atoms with Crippen LogP contribution in [0.2, 0.25) is 0 Å². The molecule has 0 aliphatic heterocycles. The molecule has 0 radical (unpaired) electrons. The highest BCUT2D eigenvalue weighted by Crippen LogP contribution is 2.17. The molecule has 0 saturated carbocycles. The molecule has 0 saturated heterocycles. The fourth-order valence-corrected chi connectivity index (χ4v) is 2.31. The molecule has 122 valence electrons. The molecule has 24 heavy (non-hydrogen) atoms. The van der Waals surface area contributed by atoms with E-state index in [1.54, 1.807) is 35.0 Å². The largest absolute Gasteiger partial charge is 0.348 e. The van der Waals surface area contributed by atoms with Gasteiger partial charge in [-0.15, -0.1) is 5.10 Å². The van der Waals surface area contributed by atoms with E-state index >= 15 is 0 Å². The quantitative estimate of drug-likeness (QED) is 0.782. The van der Waals surface area contributed by atoms with Gasteiger partial charge in [0, 0.05) is 24.2 Å². The number of aryl methyl sites for hydroxylation is 1. The van der Waals surface area contributed by atoms with Crippen LogP contribution < -0.4 is 5.32 Å². The molecule has 0 aliphatic rings. The molecule has 2 aromatic carbocycles. The lowest BCUT2D eigenvalue weighted by Crippen LogP contribution is -2.22. The number of aromatic nitrogens is 4. The third-order valence-electron chi connectivity index (χ3n) is 3.58. The normalized spacial score (nSPS) is 10.6. The Morgan fingerprint density at radius 3 is 2.75 bits per heavy atom. The Balaban J connectivity index is 1.73. The number of hydrogen-bond acceptors (Lipinski definition) is 4. The Labute approximate surface area is 138 Å². The molecule has 6 nitrogen and oxygen atoms in total. The van der Waals surface area contributed by atoms with Crippen LogP contribution in [0.15, 0.2) is 48.5 Å². The van der Waals surface area contributed by atoms with Crippen LogP contribution in [0.3, 0.4) is 0 Å². The molecule has 0 aliphatic carbocycles. The maximum absolute atomic E-state index is 12.9. The lowest BCUT2D eigenvalue weighted by molar-refractivity contribution is 0.0951. The topological polar surface area (TPSA) is 72.7 Å². The summed E-state index contributed by atoms with van der Waals surface area (Å²) in [6, 6.07) is 13.1. The molecule has 1 N–H and O–H groups in total. The molecule has 0 atom stereocenters. The summed E-state index contributed by atoms with van der Waals surface area (Å²) in [4.78, 5) is 12.3. The number of hydrogen-bond donors (Lipinski definition) is 1. The molecule has 7 heteroatoms. The van der Waals surface area contributed by atoms with E-state index in [0.717, 1.165) is 11.1 Å². The minimum Gasteiger partial charge on any atom is -0.348 e. The van der Waals surface area contributed by atoms with Crippen LogP contribution in [-0.2, 0) is 13.1 Å². The number of tetrazole rings is 1. The Kier molecular flexibility index (Phi) is 4.60. The summed E-state index contributed by atoms with van der Waals surface area (Å²) in [7, 11) is 0. The second-order valence-electron chi connectivity index (χ2n) is 5.21. The summed E-state index contributed by atoms with van der Waals surface area (Å²) in [5, 5.41) is 14.4. The number of halogens is 1. The average molecular weight is 325 g/mol. The molecular formula is C17H16FN5O. The lowest BCUT2D eigenvalue weighted by Gasteiger charge is -2.07. The summed E-state index contributed by atoms with van der Waals surface area (Å²) in [5.41, 5.74) is 2.12. The average Bonchev–Trinajstić information content (AvgIpc) is 3.10. The monoisotopic (exact) mass is 325 g/mol. The van der Waals surface area contributed by atoms with E-state index in [0.29, 0.717) is 24.5 Å². The van der Waals surface area contributed by atoms with Crippen LogP contribution >= 0.6 is 0 Å². The van der Waals surface area contributed by atoms with Crippen LogP contribution in [0, 0.1) is 5.82 Å². The zero-order chi connectivity index (χ0) is 16.9. The maximum atomic E-state index is 12.9. The summed E-state index contributed by atoms with van der Waals surface area (Å²) in [6.07, 6.45) is 0. The van der Waals surface area contributed by atoms with Gasteiger partial charge in [-0.25, -0.2) is 9.07 Å². The molecule has 1 heterocycles. The van der Waals surface area contributed by atoms with Crippen molar-refractivity contribution in [2.45, 2.75) is 20.0 Å². The number of carbonyl (C=O) groups excluding carboxylic acids is 1. The number of benzene rings is 2. The fraction of sp³-hybridized carbons (Fsp3) is 0.176. The van der Waals surface area contributed by atoms with Crippen molar-refractivity contribution in [2.24, 2.45) is 0 Å². The van der Waals surface area contributed by atoms with Crippen LogP contribution in [0.1, 0.15) is 22.8 Å². The second-order valence-corrected chi connectivity index (χ2v) is 5.21. The number of nitrogens with zero attached hydrogens (tertiary/aromatic N) is 4. The zero-order valence-corrected chi connectivity index (χ0v) is 13.1. The van der Waals surface area contributed by atoms with Crippen molar-refractivity contribution in [3.63, 3.8) is 0 Å². The second kappa shape index (κ2) is 6.99. The van der Waals surface area contributed by atoms with Gasteiger partial charge in [0.2, 0.25) is 0 Å². The Bertz CT molecular complexity index is 844.